The maximum absolute atomic E-state index is 12.0. The zero-order chi connectivity index (χ0) is 16.5. The Morgan fingerprint density at radius 2 is 1.61 bits per heavy atom. The van der Waals surface area contributed by atoms with Crippen molar-refractivity contribution >= 4 is 12.2 Å². The lowest BCUT2D eigenvalue weighted by Gasteiger charge is -2.36. The van der Waals surface area contributed by atoms with Crippen LogP contribution in [0.5, 0.6) is 0 Å². The molecule has 2 rings (SSSR count). The summed E-state index contributed by atoms with van der Waals surface area (Å²) in [5, 5.41) is 14.0. The molecule has 0 unspecified atom stereocenters. The van der Waals surface area contributed by atoms with Crippen molar-refractivity contribution in [1.29, 1.82) is 5.41 Å². The minimum absolute atomic E-state index is 0.275. The fourth-order valence-corrected chi connectivity index (χ4v) is 4.51. The summed E-state index contributed by atoms with van der Waals surface area (Å²) in [7, 11) is 1.74. The lowest BCUT2D eigenvalue weighted by molar-refractivity contribution is -0.114. The molecule has 3 N–H and O–H groups in total. The van der Waals surface area contributed by atoms with Gasteiger partial charge in [0.2, 0.25) is 0 Å². The molecule has 4 heteroatoms. The van der Waals surface area contributed by atoms with Crippen LogP contribution in [0, 0.1) is 17.2 Å². The van der Waals surface area contributed by atoms with E-state index in [0.29, 0.717) is 5.92 Å². The highest BCUT2D eigenvalue weighted by Gasteiger charge is 2.34. The van der Waals surface area contributed by atoms with Crippen LogP contribution >= 0.6 is 0 Å². The Labute approximate surface area is 141 Å². The summed E-state index contributed by atoms with van der Waals surface area (Å²) in [6, 6.07) is 0. The quantitative estimate of drug-likeness (QED) is 0.377. The molecule has 1 atom stereocenters. The number of rotatable bonds is 7. The molecule has 2 aliphatic carbocycles. The van der Waals surface area contributed by atoms with Crippen LogP contribution in [0.3, 0.4) is 0 Å². The highest BCUT2D eigenvalue weighted by Crippen LogP contribution is 2.34. The van der Waals surface area contributed by atoms with Gasteiger partial charge in [0, 0.05) is 7.05 Å². The van der Waals surface area contributed by atoms with Crippen molar-refractivity contribution < 1.29 is 4.79 Å². The first-order chi connectivity index (χ1) is 11.2. The van der Waals surface area contributed by atoms with Crippen molar-refractivity contribution in [3.05, 3.63) is 0 Å². The van der Waals surface area contributed by atoms with Gasteiger partial charge in [0.15, 0.2) is 5.96 Å². The molecule has 0 spiro atoms. The second kappa shape index (κ2) is 9.29. The predicted octanol–water partition coefficient (Wildman–Crippen LogP) is 4.00. The van der Waals surface area contributed by atoms with Crippen molar-refractivity contribution in [3.8, 4) is 0 Å². The van der Waals surface area contributed by atoms with Crippen LogP contribution in [-0.2, 0) is 4.79 Å². The molecule has 0 aliphatic heterocycles. The molecule has 0 bridgehead atoms. The third kappa shape index (κ3) is 5.82. The highest BCUT2D eigenvalue weighted by molar-refractivity contribution is 5.81. The van der Waals surface area contributed by atoms with E-state index in [1.807, 2.05) is 0 Å². The van der Waals surface area contributed by atoms with E-state index in [2.05, 4.69) is 10.6 Å². The van der Waals surface area contributed by atoms with Crippen LogP contribution in [0.2, 0.25) is 0 Å². The van der Waals surface area contributed by atoms with Gasteiger partial charge in [0.05, 0.1) is 5.54 Å². The van der Waals surface area contributed by atoms with Gasteiger partial charge < -0.3 is 15.4 Å². The summed E-state index contributed by atoms with van der Waals surface area (Å²) < 4.78 is 0. The first kappa shape index (κ1) is 18.3. The van der Waals surface area contributed by atoms with Gasteiger partial charge in [0.25, 0.3) is 0 Å². The van der Waals surface area contributed by atoms with Gasteiger partial charge in [-0.2, -0.15) is 0 Å². The molecule has 0 radical (unpaired) electrons. The summed E-state index contributed by atoms with van der Waals surface area (Å²) in [6.07, 6.45) is 17.1. The third-order valence-electron chi connectivity index (χ3n) is 5.95. The van der Waals surface area contributed by atoms with E-state index < -0.39 is 5.54 Å². The first-order valence-corrected chi connectivity index (χ1v) is 9.68. The lowest BCUT2D eigenvalue weighted by Crippen LogP contribution is -2.54. The molecule has 0 aromatic heterocycles. The number of hydrogen-bond acceptors (Lipinski definition) is 2. The maximum Gasteiger partial charge on any atom is 0.188 e. The first-order valence-electron chi connectivity index (χ1n) is 9.68. The summed E-state index contributed by atoms with van der Waals surface area (Å²) in [4.78, 5) is 12.0. The number of aldehydes is 1. The van der Waals surface area contributed by atoms with Crippen molar-refractivity contribution in [3.63, 3.8) is 0 Å². The van der Waals surface area contributed by atoms with Crippen molar-refractivity contribution in [2.45, 2.75) is 89.0 Å². The molecule has 132 valence electrons. The molecular weight excluding hydrogens is 286 g/mol. The molecular formula is C19H35N3O. The third-order valence-corrected chi connectivity index (χ3v) is 5.95. The van der Waals surface area contributed by atoms with Crippen molar-refractivity contribution in [2.24, 2.45) is 11.8 Å². The second-order valence-corrected chi connectivity index (χ2v) is 7.77. The normalized spacial score (nSPS) is 23.0. The van der Waals surface area contributed by atoms with Gasteiger partial charge in [-0.15, -0.1) is 0 Å². The van der Waals surface area contributed by atoms with Crippen LogP contribution in [0.1, 0.15) is 83.5 Å². The van der Waals surface area contributed by atoms with Gasteiger partial charge in [-0.1, -0.05) is 64.2 Å². The zero-order valence-electron chi connectivity index (χ0n) is 14.8. The molecule has 0 heterocycles. The van der Waals surface area contributed by atoms with E-state index in [9.17, 15) is 4.79 Å². The van der Waals surface area contributed by atoms with E-state index >= 15 is 0 Å². The maximum atomic E-state index is 12.0. The molecule has 4 nitrogen and oxygen atoms in total. The number of nitrogens with one attached hydrogen (secondary N) is 3. The number of hydrogen-bond donors (Lipinski definition) is 3. The lowest BCUT2D eigenvalue weighted by atomic mass is 9.75. The zero-order valence-corrected chi connectivity index (χ0v) is 14.8. The molecule has 2 fully saturated rings. The van der Waals surface area contributed by atoms with Crippen LogP contribution in [-0.4, -0.2) is 24.8 Å². The Hall–Kier alpha value is -1.06. The number of carbonyl (C=O) groups is 1. The largest absolute Gasteiger partial charge is 0.360 e. The van der Waals surface area contributed by atoms with Crippen LogP contribution in [0.4, 0.5) is 0 Å². The molecule has 0 aromatic rings. The minimum atomic E-state index is -0.542. The van der Waals surface area contributed by atoms with Gasteiger partial charge in [-0.25, -0.2) is 0 Å². The number of carbonyl (C=O) groups excluding carboxylic acids is 1. The summed E-state index contributed by atoms with van der Waals surface area (Å²) in [5.74, 6) is 1.69. The summed E-state index contributed by atoms with van der Waals surface area (Å²) >= 11 is 0. The second-order valence-electron chi connectivity index (χ2n) is 7.77. The fourth-order valence-electron chi connectivity index (χ4n) is 4.51. The van der Waals surface area contributed by atoms with Gasteiger partial charge in [-0.3, -0.25) is 5.41 Å². The SMILES string of the molecule is CNC(=N)N[C@](C=O)(CCC1CCCCC1)CC1CCCCC1. The van der Waals surface area contributed by atoms with Crippen LogP contribution in [0.25, 0.3) is 0 Å². The van der Waals surface area contributed by atoms with Crippen LogP contribution in [0.15, 0.2) is 0 Å². The topological polar surface area (TPSA) is 65.0 Å². The van der Waals surface area contributed by atoms with E-state index in [1.54, 1.807) is 7.05 Å². The predicted molar refractivity (Wildman–Crippen MR) is 95.7 cm³/mol. The Balaban J connectivity index is 1.98. The van der Waals surface area contributed by atoms with Gasteiger partial charge in [-0.05, 0) is 31.1 Å². The number of guanidine groups is 1. The Morgan fingerprint density at radius 3 is 2.13 bits per heavy atom. The van der Waals surface area contributed by atoms with Gasteiger partial charge in [0.1, 0.15) is 6.29 Å². The molecule has 2 saturated carbocycles. The Morgan fingerprint density at radius 1 is 1.04 bits per heavy atom. The fraction of sp³-hybridized carbons (Fsp3) is 0.895. The Bertz CT molecular complexity index is 373. The van der Waals surface area contributed by atoms with E-state index in [4.69, 9.17) is 5.41 Å². The average Bonchev–Trinajstić information content (AvgIpc) is 2.61. The van der Waals surface area contributed by atoms with E-state index in [-0.39, 0.29) is 5.96 Å². The standard InChI is InChI=1S/C19H35N3O/c1-21-18(20)22-19(15-23,14-17-10-6-3-7-11-17)13-12-16-8-4-2-5-9-16/h15-17H,2-14H2,1H3,(H3,20,21,22)/t19-/m1/s1. The Kier molecular flexibility index (Phi) is 7.38. The molecule has 0 aromatic carbocycles. The van der Waals surface area contributed by atoms with E-state index in [1.165, 1.54) is 64.2 Å². The monoisotopic (exact) mass is 321 g/mol. The molecule has 23 heavy (non-hydrogen) atoms. The summed E-state index contributed by atoms with van der Waals surface area (Å²) in [6.45, 7) is 0. The van der Waals surface area contributed by atoms with Crippen LogP contribution < -0.4 is 10.6 Å². The minimum Gasteiger partial charge on any atom is -0.360 e. The summed E-state index contributed by atoms with van der Waals surface area (Å²) in [5.41, 5.74) is -0.542. The van der Waals surface area contributed by atoms with Crippen molar-refractivity contribution in [1.82, 2.24) is 10.6 Å². The molecule has 0 amide bonds. The molecule has 0 saturated heterocycles. The molecule has 2 aliphatic rings. The van der Waals surface area contributed by atoms with E-state index in [0.717, 1.165) is 31.5 Å². The van der Waals surface area contributed by atoms with Gasteiger partial charge >= 0.3 is 0 Å². The highest BCUT2D eigenvalue weighted by atomic mass is 16.1. The van der Waals surface area contributed by atoms with Crippen molar-refractivity contribution in [2.75, 3.05) is 7.05 Å². The average molecular weight is 322 g/mol. The smallest absolute Gasteiger partial charge is 0.188 e.